The molecule has 0 aromatic heterocycles. The van der Waals surface area contributed by atoms with Gasteiger partial charge in [-0.2, -0.15) is 0 Å². The van der Waals surface area contributed by atoms with Gasteiger partial charge in [0.05, 0.1) is 0 Å². The first-order valence-electron chi connectivity index (χ1n) is 12.2. The minimum Gasteiger partial charge on any atom is -0.147 e. The fraction of sp³-hybridized carbons (Fsp3) is 1.00. The molecule has 0 saturated heterocycles. The van der Waals surface area contributed by atoms with E-state index >= 15 is 0 Å². The third kappa shape index (κ3) is 22.5. The zero-order valence-electron chi connectivity index (χ0n) is 18.8. The fourth-order valence-electron chi connectivity index (χ4n) is 3.84. The van der Waals surface area contributed by atoms with Gasteiger partial charge in [0.2, 0.25) is 0 Å². The summed E-state index contributed by atoms with van der Waals surface area (Å²) in [6.45, 7) is 6.96. The molecular formula is C24H52ClSi. The van der Waals surface area contributed by atoms with E-state index < -0.39 is 0 Å². The van der Waals surface area contributed by atoms with Crippen LogP contribution >= 0.6 is 12.4 Å². The van der Waals surface area contributed by atoms with Gasteiger partial charge in [0.1, 0.15) is 0 Å². The highest BCUT2D eigenvalue weighted by molar-refractivity contribution is 6.58. The molecule has 0 spiro atoms. The lowest BCUT2D eigenvalue weighted by Crippen LogP contribution is -2.12. The second-order valence-corrected chi connectivity index (χ2v) is 11.3. The minimum atomic E-state index is -0.0222. The van der Waals surface area contributed by atoms with Crippen LogP contribution in [0.4, 0.5) is 0 Å². The Morgan fingerprint density at radius 3 is 0.846 bits per heavy atom. The smallest absolute Gasteiger partial charge is 0.0479 e. The molecule has 26 heavy (non-hydrogen) atoms. The molecule has 0 fully saturated rings. The van der Waals surface area contributed by atoms with Crippen molar-refractivity contribution in [3.63, 3.8) is 0 Å². The maximum absolute atomic E-state index is 2.32. The standard InChI is InChI=1S/C24H51Si.ClH/c1-4-7-10-13-16-19-22-25(23-20-17-14-11-8-5-2)24-21-18-15-12-9-6-3;/h4-24H2,1-3H3;1H. The third-order valence-corrected chi connectivity index (χ3v) is 8.83. The Balaban J connectivity index is 0. The zero-order valence-corrected chi connectivity index (χ0v) is 20.6. The van der Waals surface area contributed by atoms with E-state index in [1.165, 1.54) is 96.3 Å². The molecule has 0 aromatic rings. The van der Waals surface area contributed by atoms with E-state index in [9.17, 15) is 0 Å². The van der Waals surface area contributed by atoms with Crippen molar-refractivity contribution in [2.75, 3.05) is 0 Å². The molecule has 0 atom stereocenters. The molecule has 0 N–H and O–H groups in total. The van der Waals surface area contributed by atoms with Crippen molar-refractivity contribution in [1.82, 2.24) is 0 Å². The van der Waals surface area contributed by atoms with Crippen molar-refractivity contribution in [3.8, 4) is 0 Å². The summed E-state index contributed by atoms with van der Waals surface area (Å²) < 4.78 is 0. The highest BCUT2D eigenvalue weighted by Crippen LogP contribution is 2.20. The maximum atomic E-state index is 2.32. The van der Waals surface area contributed by atoms with Crippen LogP contribution in [0.5, 0.6) is 0 Å². The zero-order chi connectivity index (χ0) is 18.4. The SMILES string of the molecule is CCCCCCCC[Si](CCCCCCCC)CCCCCCCC.Cl. The van der Waals surface area contributed by atoms with Gasteiger partial charge in [0, 0.05) is 8.80 Å². The summed E-state index contributed by atoms with van der Waals surface area (Å²) >= 11 is 0. The first-order valence-corrected chi connectivity index (χ1v) is 14.3. The molecule has 0 unspecified atom stereocenters. The van der Waals surface area contributed by atoms with Gasteiger partial charge in [-0.25, -0.2) is 0 Å². The second-order valence-electron chi connectivity index (χ2n) is 8.30. The Hall–Kier alpha value is 0.507. The average Bonchev–Trinajstić information content (AvgIpc) is 2.63. The molecule has 0 amide bonds. The third-order valence-electron chi connectivity index (χ3n) is 5.65. The topological polar surface area (TPSA) is 0 Å². The molecule has 0 aliphatic carbocycles. The maximum Gasteiger partial charge on any atom is 0.0479 e. The fourth-order valence-corrected chi connectivity index (χ4v) is 6.84. The van der Waals surface area contributed by atoms with Crippen LogP contribution in [0.2, 0.25) is 18.1 Å². The van der Waals surface area contributed by atoms with Crippen molar-refractivity contribution < 1.29 is 0 Å². The van der Waals surface area contributed by atoms with Gasteiger partial charge >= 0.3 is 0 Å². The molecule has 0 bridgehead atoms. The van der Waals surface area contributed by atoms with Crippen LogP contribution in [0, 0.1) is 0 Å². The van der Waals surface area contributed by atoms with Gasteiger partial charge in [0.15, 0.2) is 0 Å². The summed E-state index contributed by atoms with van der Waals surface area (Å²) in [7, 11) is -0.0222. The molecule has 159 valence electrons. The molecule has 0 heterocycles. The van der Waals surface area contributed by atoms with Crippen molar-refractivity contribution in [3.05, 3.63) is 0 Å². The van der Waals surface area contributed by atoms with E-state index in [2.05, 4.69) is 20.8 Å². The molecule has 0 rings (SSSR count). The number of unbranched alkanes of at least 4 members (excludes halogenated alkanes) is 15. The molecule has 2 heteroatoms. The van der Waals surface area contributed by atoms with Crippen LogP contribution in [-0.2, 0) is 0 Å². The number of halogens is 1. The number of hydrogen-bond donors (Lipinski definition) is 0. The van der Waals surface area contributed by atoms with E-state index in [0.29, 0.717) is 0 Å². The van der Waals surface area contributed by atoms with Crippen molar-refractivity contribution in [2.45, 2.75) is 154 Å². The van der Waals surface area contributed by atoms with E-state index in [4.69, 9.17) is 0 Å². The highest BCUT2D eigenvalue weighted by Gasteiger charge is 2.10. The van der Waals surface area contributed by atoms with Gasteiger partial charge < -0.3 is 0 Å². The number of hydrogen-bond acceptors (Lipinski definition) is 0. The van der Waals surface area contributed by atoms with Gasteiger partial charge in [-0.05, 0) is 0 Å². The summed E-state index contributed by atoms with van der Waals surface area (Å²) in [5, 5.41) is 0. The Morgan fingerprint density at radius 1 is 0.346 bits per heavy atom. The van der Waals surface area contributed by atoms with Crippen LogP contribution in [0.15, 0.2) is 0 Å². The van der Waals surface area contributed by atoms with E-state index in [1.54, 1.807) is 37.4 Å². The molecule has 1 radical (unpaired) electrons. The predicted octanol–water partition coefficient (Wildman–Crippen LogP) is 9.98. The molecule has 0 aromatic carbocycles. The largest absolute Gasteiger partial charge is 0.147 e. The molecule has 0 aliphatic heterocycles. The molecular weight excluding hydrogens is 352 g/mol. The van der Waals surface area contributed by atoms with Crippen molar-refractivity contribution in [2.24, 2.45) is 0 Å². The highest BCUT2D eigenvalue weighted by atomic mass is 35.5. The lowest BCUT2D eigenvalue weighted by Gasteiger charge is -2.15. The Morgan fingerprint density at radius 2 is 0.577 bits per heavy atom. The van der Waals surface area contributed by atoms with Crippen LogP contribution < -0.4 is 0 Å². The van der Waals surface area contributed by atoms with Gasteiger partial charge in [0.25, 0.3) is 0 Å². The summed E-state index contributed by atoms with van der Waals surface area (Å²) in [4.78, 5) is 0. The first-order chi connectivity index (χ1) is 12.3. The Labute approximate surface area is 175 Å². The summed E-state index contributed by atoms with van der Waals surface area (Å²) in [5.74, 6) is 0. The molecule has 0 saturated carbocycles. The van der Waals surface area contributed by atoms with Gasteiger partial charge in [-0.3, -0.25) is 0 Å². The monoisotopic (exact) mass is 403 g/mol. The quantitative estimate of drug-likeness (QED) is 0.132. The first kappa shape index (κ1) is 28.7. The van der Waals surface area contributed by atoms with Crippen LogP contribution in [0.25, 0.3) is 0 Å². The normalized spacial score (nSPS) is 11.1. The number of rotatable bonds is 21. The van der Waals surface area contributed by atoms with E-state index in [0.717, 1.165) is 0 Å². The minimum absolute atomic E-state index is 0. The van der Waals surface area contributed by atoms with Gasteiger partial charge in [-0.1, -0.05) is 154 Å². The van der Waals surface area contributed by atoms with E-state index in [1.807, 2.05) is 0 Å². The molecule has 0 aliphatic rings. The van der Waals surface area contributed by atoms with Crippen molar-refractivity contribution >= 4 is 21.2 Å². The predicted molar refractivity (Wildman–Crippen MR) is 128 cm³/mol. The van der Waals surface area contributed by atoms with Crippen LogP contribution in [0.1, 0.15) is 136 Å². The van der Waals surface area contributed by atoms with Gasteiger partial charge in [-0.15, -0.1) is 12.4 Å². The van der Waals surface area contributed by atoms with Crippen molar-refractivity contribution in [1.29, 1.82) is 0 Å². The van der Waals surface area contributed by atoms with E-state index in [-0.39, 0.29) is 21.2 Å². The second kappa shape index (κ2) is 25.5. The summed E-state index contributed by atoms with van der Waals surface area (Å²) in [6.07, 6.45) is 26.6. The summed E-state index contributed by atoms with van der Waals surface area (Å²) in [6, 6.07) is 4.88. The average molecular weight is 404 g/mol. The van der Waals surface area contributed by atoms with Crippen LogP contribution in [0.3, 0.4) is 0 Å². The Kier molecular flexibility index (Phi) is 28.2. The lowest BCUT2D eigenvalue weighted by atomic mass is 10.1. The molecule has 0 nitrogen and oxygen atoms in total. The summed E-state index contributed by atoms with van der Waals surface area (Å²) in [5.41, 5.74) is 0. The Bertz CT molecular complexity index is 194. The van der Waals surface area contributed by atoms with Crippen LogP contribution in [-0.4, -0.2) is 8.80 Å². The lowest BCUT2D eigenvalue weighted by molar-refractivity contribution is 0.610.